The summed E-state index contributed by atoms with van der Waals surface area (Å²) in [5.41, 5.74) is 13.5. The minimum absolute atomic E-state index is 1.02. The molecule has 0 bridgehead atoms. The third-order valence-corrected chi connectivity index (χ3v) is 9.71. The van der Waals surface area contributed by atoms with Gasteiger partial charge in [-0.2, -0.15) is 0 Å². The summed E-state index contributed by atoms with van der Waals surface area (Å²) in [4.78, 5) is 4.72. The van der Waals surface area contributed by atoms with Gasteiger partial charge in [0.2, 0.25) is 0 Å². The second-order valence-corrected chi connectivity index (χ2v) is 11.8. The molecule has 9 rings (SSSR count). The fourth-order valence-corrected chi connectivity index (χ4v) is 7.85. The first kappa shape index (κ1) is 22.7. The number of rotatable bonds is 1. The molecule has 0 amide bonds. The van der Waals surface area contributed by atoms with Crippen molar-refractivity contribution < 1.29 is 0 Å². The average molecular weight is 538 g/mol. The second kappa shape index (κ2) is 8.72. The van der Waals surface area contributed by atoms with Gasteiger partial charge in [-0.15, -0.1) is 11.3 Å². The van der Waals surface area contributed by atoms with Gasteiger partial charge in [-0.1, -0.05) is 103 Å². The molecule has 0 spiro atoms. The molecule has 0 atom stereocenters. The highest BCUT2D eigenvalue weighted by molar-refractivity contribution is 7.26. The summed E-state index contributed by atoms with van der Waals surface area (Å²) in [5.74, 6) is 0. The molecule has 1 nitrogen and oxygen atoms in total. The van der Waals surface area contributed by atoms with Gasteiger partial charge in [0.1, 0.15) is 0 Å². The maximum atomic E-state index is 4.72. The van der Waals surface area contributed by atoms with Crippen LogP contribution in [0.3, 0.4) is 0 Å². The molecule has 2 heteroatoms. The van der Waals surface area contributed by atoms with E-state index in [1.54, 1.807) is 0 Å². The number of pyridine rings is 1. The Morgan fingerprint density at radius 1 is 0.415 bits per heavy atom. The molecule has 2 heterocycles. The molecule has 0 aliphatic heterocycles. The smallest absolute Gasteiger partial charge is 0.0708 e. The highest BCUT2D eigenvalue weighted by atomic mass is 32.1. The molecular weight excluding hydrogens is 515 g/mol. The van der Waals surface area contributed by atoms with Crippen molar-refractivity contribution in [3.05, 3.63) is 140 Å². The minimum Gasteiger partial charge on any atom is -0.256 e. The predicted molar refractivity (Wildman–Crippen MR) is 175 cm³/mol. The lowest BCUT2D eigenvalue weighted by Crippen LogP contribution is -1.98. The summed E-state index contributed by atoms with van der Waals surface area (Å²) in [7, 11) is 0. The summed E-state index contributed by atoms with van der Waals surface area (Å²) in [6.07, 6.45) is 1.88. The normalized spacial score (nSPS) is 11.9. The van der Waals surface area contributed by atoms with Crippen molar-refractivity contribution in [3.63, 3.8) is 0 Å². The maximum Gasteiger partial charge on any atom is 0.0708 e. The van der Waals surface area contributed by atoms with Gasteiger partial charge in [-0.25, -0.2) is 0 Å². The van der Waals surface area contributed by atoms with Crippen LogP contribution in [-0.4, -0.2) is 4.98 Å². The number of nitrogens with zero attached hydrogens (tertiary/aromatic N) is 1. The molecule has 0 unspecified atom stereocenters. The highest BCUT2D eigenvalue weighted by Crippen LogP contribution is 2.50. The Kier molecular flexibility index (Phi) is 4.84. The van der Waals surface area contributed by atoms with E-state index >= 15 is 0 Å². The zero-order valence-corrected chi connectivity index (χ0v) is 23.0. The van der Waals surface area contributed by atoms with Gasteiger partial charge in [0.25, 0.3) is 0 Å². The van der Waals surface area contributed by atoms with E-state index in [0.29, 0.717) is 0 Å². The molecule has 190 valence electrons. The van der Waals surface area contributed by atoms with Gasteiger partial charge in [0.05, 0.1) is 5.52 Å². The number of fused-ring (bicyclic) bond motifs is 12. The number of thiophene rings is 1. The number of hydrogen-bond donors (Lipinski definition) is 0. The first-order chi connectivity index (χ1) is 20.3. The van der Waals surface area contributed by atoms with Crippen molar-refractivity contribution in [3.8, 4) is 55.6 Å². The molecule has 1 aliphatic rings. The Morgan fingerprint density at radius 3 is 1.83 bits per heavy atom. The van der Waals surface area contributed by atoms with E-state index in [-0.39, 0.29) is 0 Å². The summed E-state index contributed by atoms with van der Waals surface area (Å²) in [6, 6.07) is 49.0. The monoisotopic (exact) mass is 537 g/mol. The largest absolute Gasteiger partial charge is 0.256 e. The predicted octanol–water partition coefficient (Wildman–Crippen LogP) is 11.3. The number of benzene rings is 6. The van der Waals surface area contributed by atoms with Crippen LogP contribution in [0.1, 0.15) is 0 Å². The Balaban J connectivity index is 1.36. The molecule has 8 aromatic rings. The molecular formula is C39H23NS. The lowest BCUT2D eigenvalue weighted by atomic mass is 9.79. The lowest BCUT2D eigenvalue weighted by Gasteiger charge is -2.24. The average Bonchev–Trinajstić information content (AvgIpc) is 3.42. The standard InChI is InChI=1S/C39H23NS/c1-2-11-28-27(10-1)31-19-18-24(26-15-7-16-33-32-14-5-6-17-38(32)41-39(26)33)21-34(31)29-12-3-4-13-30(29)36-23-37-25(22-35(28)36)9-8-20-40-37/h1-23H. The zero-order valence-electron chi connectivity index (χ0n) is 22.1. The van der Waals surface area contributed by atoms with E-state index in [2.05, 4.69) is 127 Å². The Labute approximate surface area is 242 Å². The Morgan fingerprint density at radius 2 is 1.02 bits per heavy atom. The fourth-order valence-electron chi connectivity index (χ4n) is 6.62. The highest BCUT2D eigenvalue weighted by Gasteiger charge is 2.23. The van der Waals surface area contributed by atoms with Gasteiger partial charge in [-0.3, -0.25) is 4.98 Å². The van der Waals surface area contributed by atoms with Crippen LogP contribution in [0.15, 0.2) is 140 Å². The van der Waals surface area contributed by atoms with E-state index in [0.717, 1.165) is 10.9 Å². The van der Waals surface area contributed by atoms with E-state index in [9.17, 15) is 0 Å². The van der Waals surface area contributed by atoms with Crippen LogP contribution < -0.4 is 0 Å². The quantitative estimate of drug-likeness (QED) is 0.203. The van der Waals surface area contributed by atoms with Crippen LogP contribution in [0.25, 0.3) is 86.7 Å². The molecule has 0 radical (unpaired) electrons. The molecule has 41 heavy (non-hydrogen) atoms. The van der Waals surface area contributed by atoms with Gasteiger partial charge in [0.15, 0.2) is 0 Å². The van der Waals surface area contributed by atoms with E-state index < -0.39 is 0 Å². The van der Waals surface area contributed by atoms with Crippen molar-refractivity contribution in [1.82, 2.24) is 4.98 Å². The Bertz CT molecular complexity index is 2320. The Hall–Kier alpha value is -5.05. The summed E-state index contributed by atoms with van der Waals surface area (Å²) in [5, 5.41) is 3.82. The molecule has 0 N–H and O–H groups in total. The van der Waals surface area contributed by atoms with Crippen molar-refractivity contribution in [2.24, 2.45) is 0 Å². The second-order valence-electron chi connectivity index (χ2n) is 10.7. The summed E-state index contributed by atoms with van der Waals surface area (Å²) in [6.45, 7) is 0. The molecule has 2 aromatic heterocycles. The first-order valence-electron chi connectivity index (χ1n) is 14.0. The lowest BCUT2D eigenvalue weighted by molar-refractivity contribution is 1.41. The molecule has 0 saturated carbocycles. The van der Waals surface area contributed by atoms with Crippen molar-refractivity contribution in [2.75, 3.05) is 0 Å². The van der Waals surface area contributed by atoms with E-state index in [1.165, 1.54) is 75.8 Å². The summed E-state index contributed by atoms with van der Waals surface area (Å²) >= 11 is 1.89. The van der Waals surface area contributed by atoms with Gasteiger partial charge >= 0.3 is 0 Å². The van der Waals surface area contributed by atoms with E-state index in [1.807, 2.05) is 23.6 Å². The SMILES string of the molecule is c1ccc2c(c1)-c1ccc(-c3cccc4c3sc3ccccc34)cc1-c1ccccc1-c1cc3ncccc3cc1-2. The maximum absolute atomic E-state index is 4.72. The van der Waals surface area contributed by atoms with Gasteiger partial charge in [-0.05, 0) is 86.0 Å². The third kappa shape index (κ3) is 3.38. The molecule has 0 saturated heterocycles. The minimum atomic E-state index is 1.02. The van der Waals surface area contributed by atoms with Crippen LogP contribution in [0.5, 0.6) is 0 Å². The molecule has 1 aliphatic carbocycles. The van der Waals surface area contributed by atoms with Crippen LogP contribution in [0, 0.1) is 0 Å². The fraction of sp³-hybridized carbons (Fsp3) is 0. The van der Waals surface area contributed by atoms with E-state index in [4.69, 9.17) is 4.98 Å². The van der Waals surface area contributed by atoms with Crippen molar-refractivity contribution in [1.29, 1.82) is 0 Å². The number of aromatic nitrogens is 1. The summed E-state index contributed by atoms with van der Waals surface area (Å²) < 4.78 is 2.67. The topological polar surface area (TPSA) is 12.9 Å². The number of hydrogen-bond acceptors (Lipinski definition) is 2. The van der Waals surface area contributed by atoms with Crippen molar-refractivity contribution >= 4 is 42.4 Å². The van der Waals surface area contributed by atoms with Crippen LogP contribution >= 0.6 is 11.3 Å². The molecule has 0 fully saturated rings. The third-order valence-electron chi connectivity index (χ3n) is 8.49. The zero-order chi connectivity index (χ0) is 26.9. The van der Waals surface area contributed by atoms with Crippen LogP contribution in [-0.2, 0) is 0 Å². The van der Waals surface area contributed by atoms with Crippen molar-refractivity contribution in [2.45, 2.75) is 0 Å². The van der Waals surface area contributed by atoms with Crippen LogP contribution in [0.4, 0.5) is 0 Å². The first-order valence-corrected chi connectivity index (χ1v) is 14.8. The van der Waals surface area contributed by atoms with Gasteiger partial charge in [0, 0.05) is 31.8 Å². The van der Waals surface area contributed by atoms with Crippen LogP contribution in [0.2, 0.25) is 0 Å². The van der Waals surface area contributed by atoms with Gasteiger partial charge < -0.3 is 0 Å². The molecule has 6 aromatic carbocycles.